The standard InChI is InChI=1S/C23H20FN3O2S/c1-2-17-14-18(23(30-17)27-22(28)19-9-6-12-29-19)21(15-7-5-8-16(24)13-15)26-20-10-3-4-11-25-20/h3-14,21H,2H2,1H3,(H,25,26)(H,27,28). The van der Waals surface area contributed by atoms with E-state index in [0.29, 0.717) is 10.8 Å². The number of halogens is 1. The third kappa shape index (κ3) is 4.41. The zero-order chi connectivity index (χ0) is 20.9. The fourth-order valence-corrected chi connectivity index (χ4v) is 4.17. The fourth-order valence-electron chi connectivity index (χ4n) is 3.14. The molecule has 30 heavy (non-hydrogen) atoms. The summed E-state index contributed by atoms with van der Waals surface area (Å²) in [6.07, 6.45) is 3.96. The Labute approximate surface area is 177 Å². The predicted molar refractivity (Wildman–Crippen MR) is 116 cm³/mol. The van der Waals surface area contributed by atoms with Crippen LogP contribution in [0.5, 0.6) is 0 Å². The average molecular weight is 421 g/mol. The molecular formula is C23H20FN3O2S. The molecule has 0 fully saturated rings. The zero-order valence-electron chi connectivity index (χ0n) is 16.3. The van der Waals surface area contributed by atoms with Crippen LogP contribution in [0.15, 0.2) is 77.5 Å². The lowest BCUT2D eigenvalue weighted by molar-refractivity contribution is 0.0997. The van der Waals surface area contributed by atoms with E-state index in [2.05, 4.69) is 22.5 Å². The Morgan fingerprint density at radius 2 is 2.07 bits per heavy atom. The number of pyridine rings is 1. The number of thiophene rings is 1. The van der Waals surface area contributed by atoms with Crippen LogP contribution in [0.25, 0.3) is 0 Å². The molecule has 0 aliphatic heterocycles. The number of benzene rings is 1. The van der Waals surface area contributed by atoms with E-state index in [-0.39, 0.29) is 17.5 Å². The lowest BCUT2D eigenvalue weighted by Crippen LogP contribution is -2.17. The first-order chi connectivity index (χ1) is 14.6. The van der Waals surface area contributed by atoms with Crippen molar-refractivity contribution in [2.24, 2.45) is 0 Å². The molecule has 3 aromatic heterocycles. The molecule has 0 bridgehead atoms. The van der Waals surface area contributed by atoms with Crippen molar-refractivity contribution < 1.29 is 13.6 Å². The number of hydrogen-bond donors (Lipinski definition) is 2. The molecule has 1 atom stereocenters. The molecule has 7 heteroatoms. The quantitative estimate of drug-likeness (QED) is 0.390. The van der Waals surface area contributed by atoms with Gasteiger partial charge in [0.25, 0.3) is 5.91 Å². The van der Waals surface area contributed by atoms with Crippen LogP contribution < -0.4 is 10.6 Å². The molecule has 0 aliphatic carbocycles. The highest BCUT2D eigenvalue weighted by atomic mass is 32.1. The van der Waals surface area contributed by atoms with Gasteiger partial charge in [0, 0.05) is 16.6 Å². The molecule has 0 saturated heterocycles. The van der Waals surface area contributed by atoms with Gasteiger partial charge in [0.05, 0.1) is 12.3 Å². The van der Waals surface area contributed by atoms with Crippen molar-refractivity contribution in [1.82, 2.24) is 4.98 Å². The number of rotatable bonds is 7. The number of nitrogens with zero attached hydrogens (tertiary/aromatic N) is 1. The van der Waals surface area contributed by atoms with Crippen molar-refractivity contribution in [2.45, 2.75) is 19.4 Å². The summed E-state index contributed by atoms with van der Waals surface area (Å²) in [7, 11) is 0. The molecule has 0 saturated carbocycles. The van der Waals surface area contributed by atoms with Crippen molar-refractivity contribution in [3.8, 4) is 0 Å². The third-order valence-electron chi connectivity index (χ3n) is 4.58. The summed E-state index contributed by atoms with van der Waals surface area (Å²) in [5.41, 5.74) is 1.57. The maximum atomic E-state index is 14.0. The topological polar surface area (TPSA) is 67.2 Å². The van der Waals surface area contributed by atoms with Gasteiger partial charge in [-0.3, -0.25) is 4.79 Å². The Morgan fingerprint density at radius 1 is 1.17 bits per heavy atom. The molecule has 1 aromatic carbocycles. The molecule has 0 spiro atoms. The molecular weight excluding hydrogens is 401 g/mol. The number of aryl methyl sites for hydroxylation is 1. The minimum Gasteiger partial charge on any atom is -0.459 e. The minimum absolute atomic E-state index is 0.229. The summed E-state index contributed by atoms with van der Waals surface area (Å²) in [5.74, 6) is 0.223. The van der Waals surface area contributed by atoms with Crippen molar-refractivity contribution in [2.75, 3.05) is 10.6 Å². The second-order valence-electron chi connectivity index (χ2n) is 6.63. The van der Waals surface area contributed by atoms with Gasteiger partial charge in [-0.1, -0.05) is 25.1 Å². The number of amides is 1. The first-order valence-electron chi connectivity index (χ1n) is 9.54. The molecule has 2 N–H and O–H groups in total. The number of aromatic nitrogens is 1. The van der Waals surface area contributed by atoms with Gasteiger partial charge < -0.3 is 15.1 Å². The monoisotopic (exact) mass is 421 g/mol. The highest BCUT2D eigenvalue weighted by Crippen LogP contribution is 2.38. The SMILES string of the molecule is CCc1cc(C(Nc2ccccn2)c2cccc(F)c2)c(NC(=O)c2ccco2)s1. The molecule has 1 unspecified atom stereocenters. The van der Waals surface area contributed by atoms with Crippen molar-refractivity contribution in [3.63, 3.8) is 0 Å². The molecule has 0 radical (unpaired) electrons. The van der Waals surface area contributed by atoms with Crippen molar-refractivity contribution >= 4 is 28.1 Å². The van der Waals surface area contributed by atoms with Crippen molar-refractivity contribution in [1.29, 1.82) is 0 Å². The number of nitrogens with one attached hydrogen (secondary N) is 2. The number of carbonyl (C=O) groups excluding carboxylic acids is 1. The highest BCUT2D eigenvalue weighted by molar-refractivity contribution is 7.16. The largest absolute Gasteiger partial charge is 0.459 e. The number of furan rings is 1. The molecule has 3 heterocycles. The van der Waals surface area contributed by atoms with Crippen LogP contribution in [0.4, 0.5) is 15.2 Å². The van der Waals surface area contributed by atoms with Crippen LogP contribution in [0, 0.1) is 5.82 Å². The molecule has 4 rings (SSSR count). The molecule has 152 valence electrons. The van der Waals surface area contributed by atoms with E-state index >= 15 is 0 Å². The van der Waals surface area contributed by atoms with E-state index in [9.17, 15) is 9.18 Å². The van der Waals surface area contributed by atoms with Gasteiger partial charge in [-0.2, -0.15) is 0 Å². The van der Waals surface area contributed by atoms with Crippen LogP contribution in [0.2, 0.25) is 0 Å². The van der Waals surface area contributed by atoms with E-state index in [4.69, 9.17) is 4.42 Å². The Bertz CT molecular complexity index is 1130. The summed E-state index contributed by atoms with van der Waals surface area (Å²) in [5, 5.41) is 7.01. The van der Waals surface area contributed by atoms with Gasteiger partial charge in [0.1, 0.15) is 16.6 Å². The van der Waals surface area contributed by atoms with E-state index < -0.39 is 6.04 Å². The smallest absolute Gasteiger partial charge is 0.291 e. The zero-order valence-corrected chi connectivity index (χ0v) is 17.1. The van der Waals surface area contributed by atoms with Crippen LogP contribution >= 0.6 is 11.3 Å². The van der Waals surface area contributed by atoms with E-state index in [0.717, 1.165) is 22.4 Å². The highest BCUT2D eigenvalue weighted by Gasteiger charge is 2.23. The number of hydrogen-bond acceptors (Lipinski definition) is 5. The molecule has 1 amide bonds. The van der Waals surface area contributed by atoms with Crippen molar-refractivity contribution in [3.05, 3.63) is 101 Å². The van der Waals surface area contributed by atoms with Gasteiger partial charge >= 0.3 is 0 Å². The summed E-state index contributed by atoms with van der Waals surface area (Å²) >= 11 is 1.50. The fraction of sp³-hybridized carbons (Fsp3) is 0.130. The lowest BCUT2D eigenvalue weighted by Gasteiger charge is -2.21. The Kier molecular flexibility index (Phi) is 5.90. The van der Waals surface area contributed by atoms with Crippen LogP contribution in [-0.4, -0.2) is 10.9 Å². The predicted octanol–water partition coefficient (Wildman–Crippen LogP) is 5.89. The normalized spacial score (nSPS) is 11.8. The van der Waals surface area contributed by atoms with Gasteiger partial charge in [0.15, 0.2) is 5.76 Å². The first-order valence-corrected chi connectivity index (χ1v) is 10.4. The van der Waals surface area contributed by atoms with Crippen LogP contribution in [-0.2, 0) is 6.42 Å². The summed E-state index contributed by atoms with van der Waals surface area (Å²) in [4.78, 5) is 18.1. The maximum Gasteiger partial charge on any atom is 0.291 e. The van der Waals surface area contributed by atoms with Gasteiger partial charge in [-0.15, -0.1) is 11.3 Å². The summed E-state index contributed by atoms with van der Waals surface area (Å²) < 4.78 is 19.2. The molecule has 5 nitrogen and oxygen atoms in total. The van der Waals surface area contributed by atoms with Gasteiger partial charge in [0.2, 0.25) is 0 Å². The Morgan fingerprint density at radius 3 is 2.77 bits per heavy atom. The van der Waals surface area contributed by atoms with E-state index in [1.165, 1.54) is 29.7 Å². The molecule has 4 aromatic rings. The summed E-state index contributed by atoms with van der Waals surface area (Å²) in [6.45, 7) is 2.05. The molecule has 0 aliphatic rings. The second kappa shape index (κ2) is 8.92. The van der Waals surface area contributed by atoms with Crippen LogP contribution in [0.1, 0.15) is 39.5 Å². The Hall–Kier alpha value is -3.45. The maximum absolute atomic E-state index is 14.0. The van der Waals surface area contributed by atoms with Crippen LogP contribution in [0.3, 0.4) is 0 Å². The second-order valence-corrected chi connectivity index (χ2v) is 7.77. The third-order valence-corrected chi connectivity index (χ3v) is 5.79. The minimum atomic E-state index is -0.404. The summed E-state index contributed by atoms with van der Waals surface area (Å²) in [6, 6.07) is 16.9. The van der Waals surface area contributed by atoms with Gasteiger partial charge in [-0.25, -0.2) is 9.37 Å². The Balaban J connectivity index is 1.75. The average Bonchev–Trinajstić information content (AvgIpc) is 3.43. The van der Waals surface area contributed by atoms with E-state index in [1.807, 2.05) is 30.3 Å². The lowest BCUT2D eigenvalue weighted by atomic mass is 9.99. The number of anilines is 2. The van der Waals surface area contributed by atoms with E-state index in [1.54, 1.807) is 24.4 Å². The number of carbonyl (C=O) groups is 1. The first kappa shape index (κ1) is 19.8. The van der Waals surface area contributed by atoms with Gasteiger partial charge in [-0.05, 0) is 54.4 Å².